The van der Waals surface area contributed by atoms with E-state index < -0.39 is 23.4 Å². The Hall–Kier alpha value is -4.01. The zero-order valence-electron chi connectivity index (χ0n) is 16.0. The Morgan fingerprint density at radius 1 is 1.23 bits per heavy atom. The molecule has 0 bridgehead atoms. The van der Waals surface area contributed by atoms with Crippen LogP contribution in [0.2, 0.25) is 0 Å². The van der Waals surface area contributed by atoms with E-state index in [1.54, 1.807) is 49.6 Å². The summed E-state index contributed by atoms with van der Waals surface area (Å²) in [6, 6.07) is 8.74. The van der Waals surface area contributed by atoms with Gasteiger partial charge in [-0.3, -0.25) is 9.59 Å². The molecule has 0 radical (unpaired) electrons. The second kappa shape index (κ2) is 8.16. The summed E-state index contributed by atoms with van der Waals surface area (Å²) in [7, 11) is 0. The first-order chi connectivity index (χ1) is 14.6. The van der Waals surface area contributed by atoms with Gasteiger partial charge in [0.05, 0.1) is 18.6 Å². The number of aromatic nitrogens is 3. The van der Waals surface area contributed by atoms with Gasteiger partial charge in [0, 0.05) is 24.5 Å². The van der Waals surface area contributed by atoms with E-state index in [0.29, 0.717) is 11.3 Å². The molecule has 1 aliphatic heterocycles. The molecule has 0 aliphatic carbocycles. The van der Waals surface area contributed by atoms with E-state index >= 15 is 0 Å². The van der Waals surface area contributed by atoms with E-state index in [4.69, 9.17) is 14.2 Å². The van der Waals surface area contributed by atoms with E-state index in [1.165, 1.54) is 6.20 Å². The summed E-state index contributed by atoms with van der Waals surface area (Å²) in [4.78, 5) is 47.7. The molecule has 3 aromatic rings. The topological polar surface area (TPSA) is 120 Å². The number of aromatic amines is 1. The fourth-order valence-corrected chi connectivity index (χ4v) is 3.26. The summed E-state index contributed by atoms with van der Waals surface area (Å²) in [5.41, 5.74) is 0.379. The van der Waals surface area contributed by atoms with Crippen LogP contribution in [0.25, 0.3) is 0 Å². The predicted octanol–water partition coefficient (Wildman–Crippen LogP) is 2.57. The van der Waals surface area contributed by atoms with Crippen molar-refractivity contribution in [2.75, 3.05) is 6.61 Å². The molecule has 30 heavy (non-hydrogen) atoms. The van der Waals surface area contributed by atoms with Crippen LogP contribution in [0.15, 0.2) is 53.7 Å². The number of hydrogen-bond donors (Lipinski definition) is 1. The molecule has 0 fully saturated rings. The molecule has 0 saturated carbocycles. The van der Waals surface area contributed by atoms with Crippen LogP contribution in [0.3, 0.4) is 0 Å². The lowest BCUT2D eigenvalue weighted by atomic mass is 9.86. The summed E-state index contributed by atoms with van der Waals surface area (Å²) < 4.78 is 15.9. The average Bonchev–Trinajstić information content (AvgIpc) is 2.74. The summed E-state index contributed by atoms with van der Waals surface area (Å²) >= 11 is 0. The highest BCUT2D eigenvalue weighted by Gasteiger charge is 2.35. The van der Waals surface area contributed by atoms with Crippen LogP contribution in [0, 0.1) is 0 Å². The number of pyridine rings is 1. The summed E-state index contributed by atoms with van der Waals surface area (Å²) in [5.74, 6) is -1.49. The van der Waals surface area contributed by atoms with Gasteiger partial charge < -0.3 is 19.2 Å². The summed E-state index contributed by atoms with van der Waals surface area (Å²) in [6.45, 7) is 1.80. The molecular formula is C21H17N3O6. The minimum Gasteiger partial charge on any atom is -0.462 e. The molecule has 0 amide bonds. The Morgan fingerprint density at radius 2 is 2.03 bits per heavy atom. The van der Waals surface area contributed by atoms with Crippen LogP contribution in [-0.4, -0.2) is 33.5 Å². The summed E-state index contributed by atoms with van der Waals surface area (Å²) in [5, 5.41) is 0. The number of carbonyl (C=O) groups is 2. The Bertz CT molecular complexity index is 1160. The highest BCUT2D eigenvalue weighted by atomic mass is 16.5. The maximum absolute atomic E-state index is 12.6. The molecule has 9 nitrogen and oxygen atoms in total. The SMILES string of the molecule is CCOC(=O)c1c[nH]c(=O)c2c1OC(=O)C[C@H]2c1cccc(Oc2ncccn2)c1. The second-order valence-corrected chi connectivity index (χ2v) is 6.43. The van der Waals surface area contributed by atoms with E-state index in [1.807, 2.05) is 0 Å². The largest absolute Gasteiger partial charge is 0.462 e. The van der Waals surface area contributed by atoms with E-state index in [2.05, 4.69) is 15.0 Å². The fourth-order valence-electron chi connectivity index (χ4n) is 3.26. The van der Waals surface area contributed by atoms with Gasteiger partial charge in [-0.25, -0.2) is 14.8 Å². The van der Waals surface area contributed by atoms with Crippen molar-refractivity contribution in [1.82, 2.24) is 15.0 Å². The second-order valence-electron chi connectivity index (χ2n) is 6.43. The third kappa shape index (κ3) is 3.77. The first-order valence-corrected chi connectivity index (χ1v) is 9.25. The van der Waals surface area contributed by atoms with Crippen molar-refractivity contribution in [2.45, 2.75) is 19.3 Å². The van der Waals surface area contributed by atoms with Gasteiger partial charge in [0.15, 0.2) is 5.75 Å². The molecule has 1 N–H and O–H groups in total. The Balaban J connectivity index is 1.76. The van der Waals surface area contributed by atoms with Gasteiger partial charge in [0.1, 0.15) is 11.3 Å². The molecule has 2 aromatic heterocycles. The van der Waals surface area contributed by atoms with Gasteiger partial charge >= 0.3 is 17.9 Å². The quantitative estimate of drug-likeness (QED) is 0.641. The number of carbonyl (C=O) groups excluding carboxylic acids is 2. The van der Waals surface area contributed by atoms with Gasteiger partial charge in [0.25, 0.3) is 5.56 Å². The first-order valence-electron chi connectivity index (χ1n) is 9.25. The van der Waals surface area contributed by atoms with Crippen molar-refractivity contribution in [1.29, 1.82) is 0 Å². The van der Waals surface area contributed by atoms with Crippen molar-refractivity contribution >= 4 is 11.9 Å². The molecule has 152 valence electrons. The lowest BCUT2D eigenvalue weighted by Gasteiger charge is -2.25. The highest BCUT2D eigenvalue weighted by Crippen LogP contribution is 2.39. The van der Waals surface area contributed by atoms with Crippen LogP contribution < -0.4 is 15.0 Å². The molecule has 9 heteroatoms. The molecule has 0 unspecified atom stereocenters. The number of hydrogen-bond acceptors (Lipinski definition) is 8. The lowest BCUT2D eigenvalue weighted by molar-refractivity contribution is -0.135. The maximum atomic E-state index is 12.6. The molecule has 1 aliphatic rings. The molecule has 1 atom stereocenters. The number of esters is 2. The Morgan fingerprint density at radius 3 is 2.80 bits per heavy atom. The molecule has 1 aromatic carbocycles. The third-order valence-electron chi connectivity index (χ3n) is 4.52. The Labute approximate surface area is 170 Å². The normalized spacial score (nSPS) is 15.1. The number of benzene rings is 1. The molecule has 0 spiro atoms. The zero-order valence-corrected chi connectivity index (χ0v) is 16.0. The predicted molar refractivity (Wildman–Crippen MR) is 104 cm³/mol. The number of ether oxygens (including phenoxy) is 3. The van der Waals surface area contributed by atoms with Crippen LogP contribution in [0.5, 0.6) is 17.5 Å². The van der Waals surface area contributed by atoms with E-state index in [0.717, 1.165) is 0 Å². The lowest BCUT2D eigenvalue weighted by Crippen LogP contribution is -2.30. The van der Waals surface area contributed by atoms with Crippen LogP contribution in [0.4, 0.5) is 0 Å². The van der Waals surface area contributed by atoms with Gasteiger partial charge in [-0.2, -0.15) is 0 Å². The standard InChI is InChI=1S/C21H17N3O6/c1-2-28-20(27)15-11-24-19(26)17-14(10-16(25)30-18(15)17)12-5-3-6-13(9-12)29-21-22-7-4-8-23-21/h3-9,11,14H,2,10H2,1H3,(H,24,26)/t14-/m0/s1. The molecular weight excluding hydrogens is 390 g/mol. The number of nitrogens with one attached hydrogen (secondary N) is 1. The van der Waals surface area contributed by atoms with Crippen LogP contribution in [0.1, 0.15) is 40.7 Å². The Kier molecular flexibility index (Phi) is 5.25. The average molecular weight is 407 g/mol. The van der Waals surface area contributed by atoms with Gasteiger partial charge in [-0.05, 0) is 30.7 Å². The number of fused-ring (bicyclic) bond motifs is 1. The fraction of sp³-hybridized carbons (Fsp3) is 0.190. The van der Waals surface area contributed by atoms with Gasteiger partial charge in [-0.1, -0.05) is 12.1 Å². The minimum absolute atomic E-state index is 0.00501. The first kappa shape index (κ1) is 19.3. The van der Waals surface area contributed by atoms with Crippen LogP contribution >= 0.6 is 0 Å². The van der Waals surface area contributed by atoms with Crippen molar-refractivity contribution < 1.29 is 23.8 Å². The third-order valence-corrected chi connectivity index (χ3v) is 4.52. The highest BCUT2D eigenvalue weighted by molar-refractivity contribution is 5.94. The number of H-pyrrole nitrogens is 1. The molecule has 0 saturated heterocycles. The monoisotopic (exact) mass is 407 g/mol. The summed E-state index contributed by atoms with van der Waals surface area (Å²) in [6.07, 6.45) is 4.24. The molecule has 4 rings (SSSR count). The van der Waals surface area contributed by atoms with Crippen LogP contribution in [-0.2, 0) is 9.53 Å². The van der Waals surface area contributed by atoms with Crippen molar-refractivity contribution in [2.24, 2.45) is 0 Å². The number of rotatable bonds is 5. The van der Waals surface area contributed by atoms with Gasteiger partial charge in [0.2, 0.25) is 0 Å². The van der Waals surface area contributed by atoms with E-state index in [-0.39, 0.29) is 35.9 Å². The van der Waals surface area contributed by atoms with Crippen molar-refractivity contribution in [3.8, 4) is 17.5 Å². The molecule has 3 heterocycles. The smallest absolute Gasteiger partial charge is 0.343 e. The zero-order chi connectivity index (χ0) is 21.1. The van der Waals surface area contributed by atoms with Crippen molar-refractivity contribution in [3.05, 3.63) is 76.0 Å². The van der Waals surface area contributed by atoms with E-state index in [9.17, 15) is 14.4 Å². The number of nitrogens with zero attached hydrogens (tertiary/aromatic N) is 2. The minimum atomic E-state index is -0.684. The maximum Gasteiger partial charge on any atom is 0.343 e. The van der Waals surface area contributed by atoms with Gasteiger partial charge in [-0.15, -0.1) is 0 Å². The van der Waals surface area contributed by atoms with Crippen molar-refractivity contribution in [3.63, 3.8) is 0 Å².